The van der Waals surface area contributed by atoms with Crippen molar-refractivity contribution in [3.05, 3.63) is 150 Å². The van der Waals surface area contributed by atoms with Crippen LogP contribution in [0, 0.1) is 16.2 Å². The Morgan fingerprint density at radius 3 is 0.804 bits per heavy atom. The monoisotopic (exact) mass is 1640 g/mol. The van der Waals surface area contributed by atoms with E-state index in [-0.39, 0.29) is 79.6 Å². The van der Waals surface area contributed by atoms with Gasteiger partial charge in [0.05, 0.1) is 74.6 Å². The standard InChI is InChI=1S/C70H97N5O24S7.Na/c1-68(2,67(82)92-34-35-99-106(88,89)90)55-105-46-23-66(81)98-54-70(52-96-64(79)21-44-103-39-16-59-9-30-74(86)31-10-59,53-97-65(80)22-45-104-40-17-60-11-32-75(87)33-12-60)48-91-47-69(49-93-61(76)18-41-100-36-13-56-3-24-71(83)25-4-56,50-94-62(77)19-42-101-37-14-57-5-26-72(84)27-6-57)51-95-63(78)20-43-102-38-15-58-7-28-73(85)29-8-58;/h3-12,24-33H,13-23,34-55H2,1-2H3,(H5-,83,84,85,86,87,88,89,90);/q+4;+1. The number of aryl methyl sites for hydroxylation is 5. The fourth-order valence-corrected chi connectivity index (χ4v) is 15.0. The summed E-state index contributed by atoms with van der Waals surface area (Å²) in [6, 6.07) is 17.7. The minimum absolute atomic E-state index is 0. The minimum atomic E-state index is -5.01. The molecule has 107 heavy (non-hydrogen) atoms. The van der Waals surface area contributed by atoms with Crippen LogP contribution in [0.15, 0.2) is 123 Å². The van der Waals surface area contributed by atoms with Crippen molar-refractivity contribution < 1.29 is 168 Å². The van der Waals surface area contributed by atoms with Crippen molar-refractivity contribution >= 4 is 123 Å². The van der Waals surface area contributed by atoms with Crippen LogP contribution in [0.4, 0.5) is 0 Å². The molecule has 0 fully saturated rings. The summed E-state index contributed by atoms with van der Waals surface area (Å²) in [5, 5.41) is 48.4. The van der Waals surface area contributed by atoms with E-state index in [4.69, 9.17) is 37.9 Å². The van der Waals surface area contributed by atoms with E-state index in [2.05, 4.69) is 4.18 Å². The first-order chi connectivity index (χ1) is 50.8. The van der Waals surface area contributed by atoms with Crippen LogP contribution in [-0.4, -0.2) is 216 Å². The van der Waals surface area contributed by atoms with Crippen LogP contribution >= 0.6 is 70.6 Å². The first-order valence-corrected chi connectivity index (χ1v) is 42.3. The molecular formula is C70H97N5NaO24S7+5. The van der Waals surface area contributed by atoms with Gasteiger partial charge in [-0.05, 0) is 103 Å². The van der Waals surface area contributed by atoms with Gasteiger partial charge in [-0.1, -0.05) is 0 Å². The van der Waals surface area contributed by atoms with Crippen molar-refractivity contribution in [3.63, 3.8) is 0 Å². The molecule has 0 spiro atoms. The van der Waals surface area contributed by atoms with Crippen molar-refractivity contribution in [3.8, 4) is 0 Å². The van der Waals surface area contributed by atoms with E-state index < -0.39 is 134 Å². The number of carbonyl (C=O) groups excluding carboxylic acids is 7. The Bertz CT molecular complexity index is 3320. The third kappa shape index (κ3) is 42.7. The Hall–Kier alpha value is -6.03. The number of hydrogen-bond acceptors (Lipinski definition) is 30. The van der Waals surface area contributed by atoms with Gasteiger partial charge in [-0.2, -0.15) is 70.6 Å². The van der Waals surface area contributed by atoms with Gasteiger partial charge in [-0.15, -0.1) is 0 Å². The molecular weight excluding hydrogens is 1540 g/mol. The van der Waals surface area contributed by atoms with E-state index in [0.717, 1.165) is 51.5 Å². The van der Waals surface area contributed by atoms with Crippen molar-refractivity contribution in [2.75, 3.05) is 135 Å². The van der Waals surface area contributed by atoms with E-state index in [1.807, 2.05) is 0 Å². The molecule has 5 heterocycles. The Kier molecular flexibility index (Phi) is 45.5. The zero-order chi connectivity index (χ0) is 76.9. The van der Waals surface area contributed by atoms with Gasteiger partial charge in [0.1, 0.15) is 46.2 Å². The molecule has 5 aromatic heterocycles. The predicted octanol–water partition coefficient (Wildman–Crippen LogP) is 1.86. The number of hydrogen-bond donors (Lipinski definition) is 5. The molecule has 0 aliphatic heterocycles. The number of rotatable bonds is 56. The smallest absolute Gasteiger partial charge is 0.726 e. The second-order valence-corrected chi connectivity index (χ2v) is 33.3. The normalized spacial score (nSPS) is 11.6. The summed E-state index contributed by atoms with van der Waals surface area (Å²) in [6.45, 7) is -2.33. The van der Waals surface area contributed by atoms with E-state index in [9.17, 15) is 72.6 Å². The SMILES string of the molecule is CC(C)(CSCCC(=O)OCC(COCC(COC(=O)CCSCCc1cc[n+](O)cc1)(COC(=O)CCSCCc1cc[n+](O)cc1)COC(=O)CCSCCc1cc[n+](O)cc1)(COC(=O)CCSCCc1cc[n+](O)cc1)COC(=O)CCSCCc1cc[n+](O)cc1)C(=O)OCCOS(=O)(=O)[O-].[Na+]. The first kappa shape index (κ1) is 93.4. The molecule has 0 saturated heterocycles. The summed E-state index contributed by atoms with van der Waals surface area (Å²) in [6.07, 6.45) is 17.8. The summed E-state index contributed by atoms with van der Waals surface area (Å²) in [7, 11) is -5.01. The average Bonchev–Trinajstić information content (AvgIpc) is 0.837. The molecule has 0 aromatic carbocycles. The van der Waals surface area contributed by atoms with Crippen LogP contribution in [0.25, 0.3) is 0 Å². The van der Waals surface area contributed by atoms with Crippen LogP contribution < -0.4 is 53.2 Å². The molecule has 0 bridgehead atoms. The van der Waals surface area contributed by atoms with E-state index in [1.165, 1.54) is 133 Å². The average molecular weight is 1640 g/mol. The Morgan fingerprint density at radius 2 is 0.579 bits per heavy atom. The molecule has 29 nitrogen and oxygen atoms in total. The number of nitrogens with zero attached hydrogens (tertiary/aromatic N) is 5. The van der Waals surface area contributed by atoms with Gasteiger partial charge in [0, 0.05) is 125 Å². The summed E-state index contributed by atoms with van der Waals surface area (Å²) in [5.74, 6) is 0.383. The van der Waals surface area contributed by atoms with Crippen molar-refractivity contribution in [2.45, 2.75) is 84.5 Å². The molecule has 0 aliphatic rings. The number of ether oxygens (including phenoxy) is 8. The number of aromatic nitrogens is 5. The number of pyridine rings is 5. The number of carbonyl (C=O) groups is 7. The van der Waals surface area contributed by atoms with Gasteiger partial charge in [0.15, 0.2) is 0 Å². The Morgan fingerprint density at radius 1 is 0.355 bits per heavy atom. The first-order valence-electron chi connectivity index (χ1n) is 34.0. The van der Waals surface area contributed by atoms with Gasteiger partial charge in [-0.25, -0.2) is 8.42 Å². The van der Waals surface area contributed by atoms with Gasteiger partial charge < -0.3 is 42.4 Å². The molecule has 0 radical (unpaired) electrons. The summed E-state index contributed by atoms with van der Waals surface area (Å²) in [4.78, 5) is 95.9. The summed E-state index contributed by atoms with van der Waals surface area (Å²) >= 11 is 8.63. The molecule has 0 amide bonds. The van der Waals surface area contributed by atoms with Gasteiger partial charge in [0.2, 0.25) is 72.4 Å². The predicted molar refractivity (Wildman–Crippen MR) is 391 cm³/mol. The van der Waals surface area contributed by atoms with Crippen LogP contribution in [0.3, 0.4) is 0 Å². The fourth-order valence-electron chi connectivity index (χ4n) is 9.14. The molecule has 0 saturated carbocycles. The maximum absolute atomic E-state index is 13.9. The molecule has 0 unspecified atom stereocenters. The van der Waals surface area contributed by atoms with E-state index in [0.29, 0.717) is 89.6 Å². The van der Waals surface area contributed by atoms with E-state index >= 15 is 0 Å². The molecule has 5 aromatic rings. The number of thioether (sulfide) groups is 6. The quantitative estimate of drug-likeness (QED) is 0.00542. The Labute approximate surface area is 671 Å². The zero-order valence-corrected chi connectivity index (χ0v) is 68.2. The second kappa shape index (κ2) is 52.2. The fraction of sp³-hybridized carbons (Fsp3) is 0.543. The summed E-state index contributed by atoms with van der Waals surface area (Å²) in [5.41, 5.74) is 0.320. The van der Waals surface area contributed by atoms with Crippen LogP contribution in [0.1, 0.15) is 80.2 Å². The van der Waals surface area contributed by atoms with Crippen LogP contribution in [0.5, 0.6) is 0 Å². The van der Waals surface area contributed by atoms with E-state index in [1.54, 1.807) is 74.5 Å². The molecule has 5 N–H and O–H groups in total. The Balaban J connectivity index is 0.0000242. The van der Waals surface area contributed by atoms with Gasteiger partial charge in [0.25, 0.3) is 0 Å². The maximum Gasteiger partial charge on any atom is 1.00 e. The van der Waals surface area contributed by atoms with Crippen molar-refractivity contribution in [1.29, 1.82) is 0 Å². The minimum Gasteiger partial charge on any atom is -0.726 e. The molecule has 0 aliphatic carbocycles. The third-order valence-corrected chi connectivity index (χ3v) is 22.2. The molecule has 37 heteroatoms. The maximum atomic E-state index is 13.9. The van der Waals surface area contributed by atoms with Crippen LogP contribution in [0.2, 0.25) is 0 Å². The van der Waals surface area contributed by atoms with Crippen molar-refractivity contribution in [2.24, 2.45) is 16.2 Å². The van der Waals surface area contributed by atoms with Gasteiger partial charge >= 0.3 is 71.3 Å². The second-order valence-electron chi connectivity index (χ2n) is 25.0. The third-order valence-electron chi connectivity index (χ3n) is 15.4. The summed E-state index contributed by atoms with van der Waals surface area (Å²) < 4.78 is 89.0. The molecule has 0 atom stereocenters. The largest absolute Gasteiger partial charge is 1.00 e. The molecule has 584 valence electrons. The topological polar surface area (TPSA) is 380 Å². The zero-order valence-electron chi connectivity index (χ0n) is 60.5. The molecule has 5 rings (SSSR count). The van der Waals surface area contributed by atoms with Crippen molar-refractivity contribution in [1.82, 2.24) is 0 Å². The number of esters is 7. The van der Waals surface area contributed by atoms with Crippen LogP contribution in [-0.2, 0) is 118 Å². The van der Waals surface area contributed by atoms with Gasteiger partial charge in [-0.3, -0.25) is 63.8 Å².